The molecule has 0 saturated carbocycles. The summed E-state index contributed by atoms with van der Waals surface area (Å²) in [6.45, 7) is 1.12. The van der Waals surface area contributed by atoms with Gasteiger partial charge in [0, 0.05) is 6.61 Å². The third-order valence-electron chi connectivity index (χ3n) is 2.39. The van der Waals surface area contributed by atoms with Crippen LogP contribution in [0, 0.1) is 0 Å². The van der Waals surface area contributed by atoms with Gasteiger partial charge >= 0.3 is 0 Å². The van der Waals surface area contributed by atoms with Gasteiger partial charge in [-0.25, -0.2) is 0 Å². The lowest BCUT2D eigenvalue weighted by Crippen LogP contribution is -2.11. The van der Waals surface area contributed by atoms with Crippen molar-refractivity contribution in [3.8, 4) is 5.75 Å². The minimum atomic E-state index is 0.192. The number of aliphatic hydroxyl groups is 1. The second-order valence-corrected chi connectivity index (χ2v) is 3.47. The van der Waals surface area contributed by atoms with Crippen molar-refractivity contribution in [1.82, 2.24) is 5.32 Å². The van der Waals surface area contributed by atoms with Crippen LogP contribution < -0.4 is 10.1 Å². The van der Waals surface area contributed by atoms with E-state index >= 15 is 0 Å². The number of likely N-dealkylation sites (N-methyl/N-ethyl adjacent to an activating group) is 1. The van der Waals surface area contributed by atoms with Crippen LogP contribution in [0.25, 0.3) is 0 Å². The largest absolute Gasteiger partial charge is 0.496 e. The highest BCUT2D eigenvalue weighted by Gasteiger charge is 2.03. The number of nitrogens with one attached hydrogen (secondary N) is 1. The maximum atomic E-state index is 8.87. The predicted octanol–water partition coefficient (Wildman–Crippen LogP) is 0.992. The molecule has 0 fully saturated rings. The summed E-state index contributed by atoms with van der Waals surface area (Å²) < 4.78 is 5.29. The Labute approximate surface area is 91.1 Å². The van der Waals surface area contributed by atoms with Crippen molar-refractivity contribution >= 4 is 0 Å². The summed E-state index contributed by atoms with van der Waals surface area (Å²) >= 11 is 0. The van der Waals surface area contributed by atoms with Crippen LogP contribution in [0.4, 0.5) is 0 Å². The average molecular weight is 209 g/mol. The zero-order valence-corrected chi connectivity index (χ0v) is 9.42. The van der Waals surface area contributed by atoms with Crippen molar-refractivity contribution in [1.29, 1.82) is 0 Å². The van der Waals surface area contributed by atoms with E-state index in [-0.39, 0.29) is 6.61 Å². The molecule has 1 aromatic carbocycles. The van der Waals surface area contributed by atoms with Gasteiger partial charge in [-0.2, -0.15) is 0 Å². The Morgan fingerprint density at radius 2 is 2.13 bits per heavy atom. The molecule has 0 aliphatic carbocycles. The molecule has 0 spiro atoms. The van der Waals surface area contributed by atoms with Crippen LogP contribution in [0.2, 0.25) is 0 Å². The average Bonchev–Trinajstić information content (AvgIpc) is 2.27. The van der Waals surface area contributed by atoms with E-state index in [0.717, 1.165) is 24.3 Å². The SMILES string of the molecule is CNCCc1cc(CCO)ccc1OC. The van der Waals surface area contributed by atoms with Crippen molar-refractivity contribution in [3.05, 3.63) is 29.3 Å². The summed E-state index contributed by atoms with van der Waals surface area (Å²) in [6, 6.07) is 6.07. The van der Waals surface area contributed by atoms with E-state index in [2.05, 4.69) is 11.4 Å². The molecule has 1 rings (SSSR count). The number of aliphatic hydroxyl groups excluding tert-OH is 1. The first kappa shape index (κ1) is 12.0. The molecule has 0 aromatic heterocycles. The molecule has 0 unspecified atom stereocenters. The fourth-order valence-electron chi connectivity index (χ4n) is 1.57. The quantitative estimate of drug-likeness (QED) is 0.734. The third kappa shape index (κ3) is 3.53. The molecule has 1 aromatic rings. The number of ether oxygens (including phenoxy) is 1. The van der Waals surface area contributed by atoms with Gasteiger partial charge in [-0.3, -0.25) is 0 Å². The van der Waals surface area contributed by atoms with Crippen molar-refractivity contribution in [2.24, 2.45) is 0 Å². The number of hydrogen-bond acceptors (Lipinski definition) is 3. The molecule has 0 aliphatic heterocycles. The van der Waals surface area contributed by atoms with E-state index in [0.29, 0.717) is 6.42 Å². The van der Waals surface area contributed by atoms with Gasteiger partial charge in [-0.15, -0.1) is 0 Å². The van der Waals surface area contributed by atoms with Gasteiger partial charge in [-0.1, -0.05) is 12.1 Å². The van der Waals surface area contributed by atoms with E-state index < -0.39 is 0 Å². The molecule has 15 heavy (non-hydrogen) atoms. The molecule has 0 bridgehead atoms. The van der Waals surface area contributed by atoms with Crippen LogP contribution in [0.15, 0.2) is 18.2 Å². The Morgan fingerprint density at radius 1 is 1.33 bits per heavy atom. The Morgan fingerprint density at radius 3 is 2.73 bits per heavy atom. The minimum absolute atomic E-state index is 0.192. The molecule has 0 aliphatic rings. The number of benzene rings is 1. The minimum Gasteiger partial charge on any atom is -0.496 e. The van der Waals surface area contributed by atoms with E-state index in [1.54, 1.807) is 7.11 Å². The first-order valence-corrected chi connectivity index (χ1v) is 5.23. The maximum Gasteiger partial charge on any atom is 0.122 e. The molecular formula is C12H19NO2. The van der Waals surface area contributed by atoms with Gasteiger partial charge in [0.25, 0.3) is 0 Å². The van der Waals surface area contributed by atoms with Crippen LogP contribution >= 0.6 is 0 Å². The molecule has 0 heterocycles. The Hall–Kier alpha value is -1.06. The molecule has 0 saturated heterocycles. The van der Waals surface area contributed by atoms with Gasteiger partial charge in [0.1, 0.15) is 5.75 Å². The molecule has 0 atom stereocenters. The van der Waals surface area contributed by atoms with Gasteiger partial charge in [0.15, 0.2) is 0 Å². The highest BCUT2D eigenvalue weighted by molar-refractivity contribution is 5.37. The first-order valence-electron chi connectivity index (χ1n) is 5.23. The zero-order chi connectivity index (χ0) is 11.1. The molecule has 0 amide bonds. The van der Waals surface area contributed by atoms with Gasteiger partial charge in [-0.05, 0) is 43.6 Å². The summed E-state index contributed by atoms with van der Waals surface area (Å²) in [4.78, 5) is 0. The summed E-state index contributed by atoms with van der Waals surface area (Å²) in [5.41, 5.74) is 2.35. The summed E-state index contributed by atoms with van der Waals surface area (Å²) in [5.74, 6) is 0.923. The Balaban J connectivity index is 2.81. The van der Waals surface area contributed by atoms with Crippen molar-refractivity contribution < 1.29 is 9.84 Å². The summed E-state index contributed by atoms with van der Waals surface area (Å²) in [6.07, 6.45) is 1.65. The second kappa shape index (κ2) is 6.43. The lowest BCUT2D eigenvalue weighted by molar-refractivity contribution is 0.299. The van der Waals surface area contributed by atoms with Crippen LogP contribution in [-0.2, 0) is 12.8 Å². The zero-order valence-electron chi connectivity index (χ0n) is 9.42. The predicted molar refractivity (Wildman–Crippen MR) is 61.4 cm³/mol. The molecular weight excluding hydrogens is 190 g/mol. The van der Waals surface area contributed by atoms with Crippen LogP contribution in [0.3, 0.4) is 0 Å². The number of methoxy groups -OCH3 is 1. The van der Waals surface area contributed by atoms with E-state index in [4.69, 9.17) is 9.84 Å². The standard InChI is InChI=1S/C12H19NO2/c1-13-7-5-11-9-10(6-8-14)3-4-12(11)15-2/h3-4,9,13-14H,5-8H2,1-2H3. The lowest BCUT2D eigenvalue weighted by Gasteiger charge is -2.10. The van der Waals surface area contributed by atoms with Gasteiger partial charge < -0.3 is 15.2 Å². The van der Waals surface area contributed by atoms with E-state index in [1.807, 2.05) is 19.2 Å². The normalized spacial score (nSPS) is 10.3. The molecule has 84 valence electrons. The third-order valence-corrected chi connectivity index (χ3v) is 2.39. The first-order chi connectivity index (χ1) is 7.31. The number of rotatable bonds is 6. The van der Waals surface area contributed by atoms with Gasteiger partial charge in [0.2, 0.25) is 0 Å². The summed E-state index contributed by atoms with van der Waals surface area (Å²) in [5, 5.41) is 12.0. The van der Waals surface area contributed by atoms with Crippen LogP contribution in [0.1, 0.15) is 11.1 Å². The van der Waals surface area contributed by atoms with Crippen molar-refractivity contribution in [3.63, 3.8) is 0 Å². The van der Waals surface area contributed by atoms with Crippen molar-refractivity contribution in [2.45, 2.75) is 12.8 Å². The van der Waals surface area contributed by atoms with Crippen LogP contribution in [0.5, 0.6) is 5.75 Å². The lowest BCUT2D eigenvalue weighted by atomic mass is 10.0. The Kier molecular flexibility index (Phi) is 5.15. The van der Waals surface area contributed by atoms with E-state index in [1.165, 1.54) is 5.56 Å². The molecule has 3 nitrogen and oxygen atoms in total. The fraction of sp³-hybridized carbons (Fsp3) is 0.500. The fourth-order valence-corrected chi connectivity index (χ4v) is 1.57. The highest BCUT2D eigenvalue weighted by Crippen LogP contribution is 2.20. The monoisotopic (exact) mass is 209 g/mol. The van der Waals surface area contributed by atoms with Crippen LogP contribution in [-0.4, -0.2) is 32.4 Å². The van der Waals surface area contributed by atoms with Gasteiger partial charge in [0.05, 0.1) is 7.11 Å². The smallest absolute Gasteiger partial charge is 0.122 e. The molecule has 0 radical (unpaired) electrons. The topological polar surface area (TPSA) is 41.5 Å². The van der Waals surface area contributed by atoms with E-state index in [9.17, 15) is 0 Å². The Bertz CT molecular complexity index is 300. The maximum absolute atomic E-state index is 8.87. The highest BCUT2D eigenvalue weighted by atomic mass is 16.5. The molecule has 3 heteroatoms. The number of hydrogen-bond donors (Lipinski definition) is 2. The second-order valence-electron chi connectivity index (χ2n) is 3.47. The molecule has 2 N–H and O–H groups in total. The summed E-state index contributed by atoms with van der Waals surface area (Å²) in [7, 11) is 3.62. The van der Waals surface area contributed by atoms with Crippen molar-refractivity contribution in [2.75, 3.05) is 27.3 Å².